The second-order valence-corrected chi connectivity index (χ2v) is 8.54. The molecule has 3 aromatic rings. The number of nitrogens with one attached hydrogen (secondary N) is 1. The summed E-state index contributed by atoms with van der Waals surface area (Å²) in [6, 6.07) is 14.1. The average Bonchev–Trinajstić information content (AvgIpc) is 3.16. The fourth-order valence-electron chi connectivity index (χ4n) is 3.25. The maximum absolute atomic E-state index is 13.0. The molecule has 2 heterocycles. The third-order valence-electron chi connectivity index (χ3n) is 4.75. The number of hydrogen-bond acceptors (Lipinski definition) is 6. The second-order valence-electron chi connectivity index (χ2n) is 6.64. The van der Waals surface area contributed by atoms with Gasteiger partial charge in [-0.05, 0) is 23.8 Å². The van der Waals surface area contributed by atoms with Crippen LogP contribution in [0.5, 0.6) is 0 Å². The Morgan fingerprint density at radius 1 is 1.07 bits per heavy atom. The number of benzene rings is 2. The summed E-state index contributed by atoms with van der Waals surface area (Å²) in [4.78, 5) is 12.6. The predicted molar refractivity (Wildman–Crippen MR) is 105 cm³/mol. The number of morpholine rings is 1. The largest absolute Gasteiger partial charge is 0.379 e. The van der Waals surface area contributed by atoms with Crippen molar-refractivity contribution in [2.45, 2.75) is 18.0 Å². The molecule has 1 aliphatic rings. The number of carbonyl (C=O) groups is 1. The first kappa shape index (κ1) is 19.5. The fraction of sp³-hybridized carbons (Fsp3) is 0.316. The van der Waals surface area contributed by atoms with E-state index in [-0.39, 0.29) is 23.9 Å². The van der Waals surface area contributed by atoms with Crippen molar-refractivity contribution in [1.82, 2.24) is 24.6 Å². The van der Waals surface area contributed by atoms with Gasteiger partial charge >= 0.3 is 0 Å². The van der Waals surface area contributed by atoms with Crippen LogP contribution in [0.3, 0.4) is 0 Å². The minimum Gasteiger partial charge on any atom is -0.379 e. The van der Waals surface area contributed by atoms with Crippen LogP contribution in [0, 0.1) is 0 Å². The zero-order chi connectivity index (χ0) is 20.3. The van der Waals surface area contributed by atoms with Gasteiger partial charge in [0.15, 0.2) is 0 Å². The third kappa shape index (κ3) is 4.14. The summed E-state index contributed by atoms with van der Waals surface area (Å²) in [5.74, 6) is -0.278. The zero-order valence-electron chi connectivity index (χ0n) is 15.7. The van der Waals surface area contributed by atoms with Gasteiger partial charge in [0.1, 0.15) is 12.1 Å². The van der Waals surface area contributed by atoms with E-state index in [1.54, 1.807) is 24.3 Å². The Hall–Kier alpha value is -2.82. The van der Waals surface area contributed by atoms with E-state index in [2.05, 4.69) is 15.6 Å². The SMILES string of the molecule is O=C(Cn1nnc2ccccc21)NCc1ccccc1S(=O)(=O)N1CCOCC1. The van der Waals surface area contributed by atoms with Gasteiger partial charge in [0, 0.05) is 19.6 Å². The summed E-state index contributed by atoms with van der Waals surface area (Å²) < 4.78 is 34.2. The molecule has 4 rings (SSSR count). The molecular formula is C19H21N5O4S. The number of nitrogens with zero attached hydrogens (tertiary/aromatic N) is 4. The van der Waals surface area contributed by atoms with Gasteiger partial charge in [-0.15, -0.1) is 5.10 Å². The van der Waals surface area contributed by atoms with Gasteiger partial charge in [-0.1, -0.05) is 35.5 Å². The van der Waals surface area contributed by atoms with E-state index in [4.69, 9.17) is 4.74 Å². The van der Waals surface area contributed by atoms with Crippen LogP contribution in [0.1, 0.15) is 5.56 Å². The molecule has 1 aliphatic heterocycles. The number of fused-ring (bicyclic) bond motifs is 1. The summed E-state index contributed by atoms with van der Waals surface area (Å²) in [6.07, 6.45) is 0. The van der Waals surface area contributed by atoms with Crippen LogP contribution in [0.4, 0.5) is 0 Å². The van der Waals surface area contributed by atoms with Crippen LogP contribution >= 0.6 is 0 Å². The number of amides is 1. The monoisotopic (exact) mass is 415 g/mol. The average molecular weight is 415 g/mol. The molecule has 9 nitrogen and oxygen atoms in total. The molecule has 0 aliphatic carbocycles. The van der Waals surface area contributed by atoms with E-state index >= 15 is 0 Å². The molecule has 0 bridgehead atoms. The quantitative estimate of drug-likeness (QED) is 0.637. The molecular weight excluding hydrogens is 394 g/mol. The van der Waals surface area contributed by atoms with Crippen molar-refractivity contribution in [2.75, 3.05) is 26.3 Å². The first-order chi connectivity index (χ1) is 14.1. The fourth-order valence-corrected chi connectivity index (χ4v) is 4.88. The number of para-hydroxylation sites is 1. The molecule has 1 fully saturated rings. The highest BCUT2D eigenvalue weighted by Crippen LogP contribution is 2.21. The second kappa shape index (κ2) is 8.27. The van der Waals surface area contributed by atoms with E-state index < -0.39 is 10.0 Å². The first-order valence-electron chi connectivity index (χ1n) is 9.26. The highest BCUT2D eigenvalue weighted by molar-refractivity contribution is 7.89. The van der Waals surface area contributed by atoms with Gasteiger partial charge in [-0.25, -0.2) is 13.1 Å². The van der Waals surface area contributed by atoms with E-state index in [1.165, 1.54) is 8.99 Å². The smallest absolute Gasteiger partial charge is 0.243 e. The van der Waals surface area contributed by atoms with Gasteiger partial charge in [-0.2, -0.15) is 4.31 Å². The topological polar surface area (TPSA) is 106 Å². The van der Waals surface area contributed by atoms with Crippen molar-refractivity contribution in [3.8, 4) is 0 Å². The van der Waals surface area contributed by atoms with Gasteiger partial charge in [0.05, 0.1) is 23.6 Å². The number of hydrogen-bond donors (Lipinski definition) is 1. The summed E-state index contributed by atoms with van der Waals surface area (Å²) in [6.45, 7) is 1.50. The molecule has 1 N–H and O–H groups in total. The zero-order valence-corrected chi connectivity index (χ0v) is 16.5. The summed E-state index contributed by atoms with van der Waals surface area (Å²) in [5.41, 5.74) is 2.01. The highest BCUT2D eigenvalue weighted by Gasteiger charge is 2.28. The third-order valence-corrected chi connectivity index (χ3v) is 6.75. The lowest BCUT2D eigenvalue weighted by molar-refractivity contribution is -0.122. The normalized spacial score (nSPS) is 15.4. The van der Waals surface area contributed by atoms with Crippen LogP contribution < -0.4 is 5.32 Å². The minimum atomic E-state index is -3.64. The van der Waals surface area contributed by atoms with E-state index in [0.29, 0.717) is 37.4 Å². The Morgan fingerprint density at radius 3 is 2.62 bits per heavy atom. The Kier molecular flexibility index (Phi) is 5.56. The van der Waals surface area contributed by atoms with E-state index in [0.717, 1.165) is 5.52 Å². The Bertz CT molecular complexity index is 1120. The molecule has 0 unspecified atom stereocenters. The van der Waals surface area contributed by atoms with Crippen molar-refractivity contribution in [3.63, 3.8) is 0 Å². The molecule has 0 saturated carbocycles. The van der Waals surface area contributed by atoms with E-state index in [1.807, 2.05) is 24.3 Å². The molecule has 0 spiro atoms. The van der Waals surface area contributed by atoms with Crippen LogP contribution in [0.15, 0.2) is 53.4 Å². The van der Waals surface area contributed by atoms with Gasteiger partial charge < -0.3 is 10.1 Å². The van der Waals surface area contributed by atoms with Crippen molar-refractivity contribution >= 4 is 27.0 Å². The summed E-state index contributed by atoms with van der Waals surface area (Å²) in [5, 5.41) is 10.8. The Labute approximate surface area is 168 Å². The van der Waals surface area contributed by atoms with Crippen molar-refractivity contribution in [3.05, 3.63) is 54.1 Å². The van der Waals surface area contributed by atoms with Crippen molar-refractivity contribution < 1.29 is 17.9 Å². The van der Waals surface area contributed by atoms with Crippen molar-refractivity contribution in [1.29, 1.82) is 0 Å². The number of aromatic nitrogens is 3. The number of ether oxygens (including phenoxy) is 1. The maximum Gasteiger partial charge on any atom is 0.243 e. The lowest BCUT2D eigenvalue weighted by Gasteiger charge is -2.27. The van der Waals surface area contributed by atoms with Crippen molar-refractivity contribution in [2.24, 2.45) is 0 Å². The van der Waals surface area contributed by atoms with Crippen LogP contribution in [-0.4, -0.2) is 59.9 Å². The molecule has 0 radical (unpaired) electrons. The molecule has 1 amide bonds. The molecule has 0 atom stereocenters. The molecule has 1 aromatic heterocycles. The Balaban J connectivity index is 1.47. The molecule has 29 heavy (non-hydrogen) atoms. The summed E-state index contributed by atoms with van der Waals surface area (Å²) >= 11 is 0. The van der Waals surface area contributed by atoms with E-state index in [9.17, 15) is 13.2 Å². The van der Waals surface area contributed by atoms with Crippen LogP contribution in [0.25, 0.3) is 11.0 Å². The number of rotatable bonds is 6. The standard InChI is InChI=1S/C19H21N5O4S/c25-19(14-24-17-7-3-2-6-16(17)21-22-24)20-13-15-5-1-4-8-18(15)29(26,27)23-9-11-28-12-10-23/h1-8H,9-14H2,(H,20,25). The number of carbonyl (C=O) groups excluding carboxylic acids is 1. The maximum atomic E-state index is 13.0. The lowest BCUT2D eigenvalue weighted by Crippen LogP contribution is -2.41. The molecule has 2 aromatic carbocycles. The molecule has 1 saturated heterocycles. The van der Waals surface area contributed by atoms with Crippen LogP contribution in [0.2, 0.25) is 0 Å². The lowest BCUT2D eigenvalue weighted by atomic mass is 10.2. The minimum absolute atomic E-state index is 0.00110. The van der Waals surface area contributed by atoms with Crippen LogP contribution in [-0.2, 0) is 32.6 Å². The van der Waals surface area contributed by atoms with Gasteiger partial charge in [0.2, 0.25) is 15.9 Å². The first-order valence-corrected chi connectivity index (χ1v) is 10.7. The summed E-state index contributed by atoms with van der Waals surface area (Å²) in [7, 11) is -3.64. The molecule has 152 valence electrons. The Morgan fingerprint density at radius 2 is 1.79 bits per heavy atom. The van der Waals surface area contributed by atoms with Gasteiger partial charge in [-0.3, -0.25) is 4.79 Å². The van der Waals surface area contributed by atoms with Gasteiger partial charge in [0.25, 0.3) is 0 Å². The molecule has 10 heteroatoms. The predicted octanol–water partition coefficient (Wildman–Crippen LogP) is 0.769. The highest BCUT2D eigenvalue weighted by atomic mass is 32.2. The number of sulfonamides is 1.